The molecule has 2 N–H and O–H groups in total. The van der Waals surface area contributed by atoms with Crippen LogP contribution in [0.25, 0.3) is 0 Å². The molecule has 1 aromatic carbocycles. The summed E-state index contributed by atoms with van der Waals surface area (Å²) in [6.45, 7) is 1.94. The molecule has 2 atom stereocenters. The number of nitrogens with zero attached hydrogens (tertiary/aromatic N) is 4. The number of halogens is 5. The van der Waals surface area contributed by atoms with E-state index >= 15 is 0 Å². The van der Waals surface area contributed by atoms with Crippen LogP contribution in [0.3, 0.4) is 0 Å². The second-order valence-electron chi connectivity index (χ2n) is 7.59. The summed E-state index contributed by atoms with van der Waals surface area (Å²) < 4.78 is 44.8. The molecule has 32 heavy (non-hydrogen) atoms. The highest BCUT2D eigenvalue weighted by molar-refractivity contribution is 9.10. The minimum atomic E-state index is -4.57. The zero-order valence-corrected chi connectivity index (χ0v) is 19.4. The maximum atomic E-state index is 13.9. The van der Waals surface area contributed by atoms with Crippen molar-refractivity contribution in [1.29, 1.82) is 0 Å². The molecule has 1 aliphatic heterocycles. The maximum absolute atomic E-state index is 13.9. The Kier molecular flexibility index (Phi) is 5.97. The van der Waals surface area contributed by atoms with E-state index in [9.17, 15) is 18.0 Å². The Labute approximate surface area is 195 Å². The van der Waals surface area contributed by atoms with E-state index in [1.165, 1.54) is 0 Å². The van der Waals surface area contributed by atoms with E-state index in [2.05, 4.69) is 36.8 Å². The van der Waals surface area contributed by atoms with E-state index < -0.39 is 24.2 Å². The lowest BCUT2D eigenvalue weighted by atomic mass is 9.97. The molecule has 0 aliphatic carbocycles. The number of rotatable bonds is 4. The van der Waals surface area contributed by atoms with Gasteiger partial charge in [0.15, 0.2) is 11.7 Å². The summed E-state index contributed by atoms with van der Waals surface area (Å²) in [5.74, 6) is -0.695. The van der Waals surface area contributed by atoms with Crippen LogP contribution >= 0.6 is 27.5 Å². The van der Waals surface area contributed by atoms with Gasteiger partial charge >= 0.3 is 6.18 Å². The number of nitrogens with one attached hydrogen (secondary N) is 2. The number of aryl methyl sites for hydroxylation is 2. The first-order valence-corrected chi connectivity index (χ1v) is 10.9. The van der Waals surface area contributed by atoms with Crippen molar-refractivity contribution in [2.75, 3.05) is 5.32 Å². The summed E-state index contributed by atoms with van der Waals surface area (Å²) in [5.41, 5.74) is 1.92. The van der Waals surface area contributed by atoms with Crippen molar-refractivity contribution in [2.45, 2.75) is 38.1 Å². The maximum Gasteiger partial charge on any atom is 0.410 e. The van der Waals surface area contributed by atoms with Crippen LogP contribution in [0, 0.1) is 6.92 Å². The number of aromatic nitrogens is 4. The lowest BCUT2D eigenvalue weighted by Gasteiger charge is -2.33. The summed E-state index contributed by atoms with van der Waals surface area (Å²) >= 11 is 9.67. The summed E-state index contributed by atoms with van der Waals surface area (Å²) in [5, 5.41) is 13.7. The van der Waals surface area contributed by atoms with Crippen molar-refractivity contribution in [2.24, 2.45) is 7.05 Å². The molecule has 0 unspecified atom stereocenters. The molecule has 1 aliphatic rings. The largest absolute Gasteiger partial charge is 0.410 e. The Balaban J connectivity index is 1.63. The second kappa shape index (κ2) is 8.43. The van der Waals surface area contributed by atoms with E-state index in [0.717, 1.165) is 20.4 Å². The second-order valence-corrected chi connectivity index (χ2v) is 8.89. The Morgan fingerprint density at radius 2 is 2.00 bits per heavy atom. The van der Waals surface area contributed by atoms with Crippen molar-refractivity contribution in [1.82, 2.24) is 24.9 Å². The van der Waals surface area contributed by atoms with E-state index in [1.54, 1.807) is 49.1 Å². The first kappa shape index (κ1) is 22.7. The van der Waals surface area contributed by atoms with Gasteiger partial charge in [0.25, 0.3) is 5.91 Å². The van der Waals surface area contributed by atoms with Gasteiger partial charge in [-0.25, -0.2) is 4.68 Å². The number of amides is 1. The van der Waals surface area contributed by atoms with Gasteiger partial charge in [-0.15, -0.1) is 0 Å². The Hall–Kier alpha value is -2.53. The Morgan fingerprint density at radius 1 is 1.31 bits per heavy atom. The van der Waals surface area contributed by atoms with Crippen LogP contribution in [0.5, 0.6) is 0 Å². The first-order chi connectivity index (χ1) is 15.0. The summed E-state index contributed by atoms with van der Waals surface area (Å²) in [4.78, 5) is 12.7. The topological polar surface area (TPSA) is 76.8 Å². The number of hydrogen-bond donors (Lipinski definition) is 2. The van der Waals surface area contributed by atoms with Gasteiger partial charge in [0, 0.05) is 36.2 Å². The number of carbonyl (C=O) groups is 1. The highest BCUT2D eigenvalue weighted by Crippen LogP contribution is 2.46. The molecule has 2 aromatic heterocycles. The quantitative estimate of drug-likeness (QED) is 0.501. The van der Waals surface area contributed by atoms with Crippen LogP contribution in [-0.4, -0.2) is 31.6 Å². The van der Waals surface area contributed by atoms with E-state index in [0.29, 0.717) is 5.56 Å². The SMILES string of the molecule is Cc1nn(C)cc1CNC(=O)c1nn2c(c1Cl)N[C@@H](c1ccc(Br)cc1)C[C@H]2C(F)(F)F. The molecule has 0 spiro atoms. The highest BCUT2D eigenvalue weighted by Gasteiger charge is 2.47. The normalized spacial score (nSPS) is 18.2. The molecule has 0 bridgehead atoms. The zero-order chi connectivity index (χ0) is 23.2. The average molecular weight is 532 g/mol. The van der Waals surface area contributed by atoms with E-state index in [1.807, 2.05) is 0 Å². The van der Waals surface area contributed by atoms with Gasteiger partial charge in [0.1, 0.15) is 10.8 Å². The van der Waals surface area contributed by atoms with Crippen molar-refractivity contribution < 1.29 is 18.0 Å². The van der Waals surface area contributed by atoms with Crippen molar-refractivity contribution in [3.63, 3.8) is 0 Å². The lowest BCUT2D eigenvalue weighted by molar-refractivity contribution is -0.173. The van der Waals surface area contributed by atoms with Gasteiger partial charge in [-0.05, 0) is 24.6 Å². The third-order valence-electron chi connectivity index (χ3n) is 5.34. The van der Waals surface area contributed by atoms with Crippen LogP contribution in [-0.2, 0) is 13.6 Å². The average Bonchev–Trinajstić information content (AvgIpc) is 3.23. The van der Waals surface area contributed by atoms with Crippen molar-refractivity contribution in [3.8, 4) is 0 Å². The van der Waals surface area contributed by atoms with Crippen molar-refractivity contribution >= 4 is 39.3 Å². The molecule has 4 rings (SSSR count). The van der Waals surface area contributed by atoms with Crippen LogP contribution in [0.4, 0.5) is 19.0 Å². The minimum absolute atomic E-state index is 0.0316. The van der Waals surface area contributed by atoms with Crippen LogP contribution in [0.1, 0.15) is 45.8 Å². The predicted octanol–water partition coefficient (Wildman–Crippen LogP) is 4.93. The molecule has 3 aromatic rings. The number of alkyl halides is 3. The molecule has 0 saturated heterocycles. The van der Waals surface area contributed by atoms with Gasteiger partial charge in [0.05, 0.1) is 11.7 Å². The number of anilines is 1. The van der Waals surface area contributed by atoms with Gasteiger partial charge < -0.3 is 10.6 Å². The van der Waals surface area contributed by atoms with Gasteiger partial charge in [-0.2, -0.15) is 23.4 Å². The predicted molar refractivity (Wildman–Crippen MR) is 117 cm³/mol. The third-order valence-corrected chi connectivity index (χ3v) is 6.22. The number of benzene rings is 1. The Bertz CT molecular complexity index is 1160. The van der Waals surface area contributed by atoms with Gasteiger partial charge in [-0.3, -0.25) is 9.48 Å². The van der Waals surface area contributed by atoms with Gasteiger partial charge in [0.2, 0.25) is 0 Å². The standard InChI is InChI=1S/C20H19BrClF3N6O/c1-10-12(9-30(2)28-10)8-26-19(32)17-16(22)18-27-14(11-3-5-13(21)6-4-11)7-15(20(23,24)25)31(18)29-17/h3-6,9,14-15,27H,7-8H2,1-2H3,(H,26,32)/t14-,15+/m1/s1. The van der Waals surface area contributed by atoms with Crippen molar-refractivity contribution in [3.05, 3.63) is 62.5 Å². The molecule has 0 radical (unpaired) electrons. The smallest absolute Gasteiger partial charge is 0.362 e. The number of hydrogen-bond acceptors (Lipinski definition) is 4. The van der Waals surface area contributed by atoms with Crippen LogP contribution in [0.15, 0.2) is 34.9 Å². The fourth-order valence-electron chi connectivity index (χ4n) is 3.73. The summed E-state index contributed by atoms with van der Waals surface area (Å²) in [6.07, 6.45) is -3.11. The number of carbonyl (C=O) groups excluding carboxylic acids is 1. The number of fused-ring (bicyclic) bond motifs is 1. The molecular formula is C20H19BrClF3N6O. The van der Waals surface area contributed by atoms with Gasteiger partial charge in [-0.1, -0.05) is 39.7 Å². The molecular weight excluding hydrogens is 513 g/mol. The molecule has 1 amide bonds. The third kappa shape index (κ3) is 4.36. The monoisotopic (exact) mass is 530 g/mol. The molecule has 170 valence electrons. The lowest BCUT2D eigenvalue weighted by Crippen LogP contribution is -2.35. The van der Waals surface area contributed by atoms with Crippen LogP contribution < -0.4 is 10.6 Å². The van der Waals surface area contributed by atoms with Crippen LogP contribution in [0.2, 0.25) is 5.02 Å². The molecule has 12 heteroatoms. The zero-order valence-electron chi connectivity index (χ0n) is 17.0. The summed E-state index contributed by atoms with van der Waals surface area (Å²) in [6, 6.07) is 4.41. The molecule has 7 nitrogen and oxygen atoms in total. The molecule has 0 saturated carbocycles. The summed E-state index contributed by atoms with van der Waals surface area (Å²) in [7, 11) is 1.75. The fraction of sp³-hybridized carbons (Fsp3) is 0.350. The first-order valence-electron chi connectivity index (χ1n) is 9.68. The fourth-order valence-corrected chi connectivity index (χ4v) is 4.26. The van der Waals surface area contributed by atoms with E-state index in [-0.39, 0.29) is 29.5 Å². The minimum Gasteiger partial charge on any atom is -0.362 e. The Morgan fingerprint density at radius 3 is 2.59 bits per heavy atom. The molecule has 0 fully saturated rings. The molecule has 3 heterocycles. The highest BCUT2D eigenvalue weighted by atomic mass is 79.9. The van der Waals surface area contributed by atoms with E-state index in [4.69, 9.17) is 11.6 Å².